The van der Waals surface area contributed by atoms with E-state index in [4.69, 9.17) is 9.47 Å². The number of carbonyl (C=O) groups excluding carboxylic acids is 2. The molecule has 0 aromatic heterocycles. The summed E-state index contributed by atoms with van der Waals surface area (Å²) in [6.45, 7) is 6.18. The van der Waals surface area contributed by atoms with Crippen molar-refractivity contribution in [3.05, 3.63) is 23.8 Å². The predicted octanol–water partition coefficient (Wildman–Crippen LogP) is 1.34. The molecule has 2 amide bonds. The maximum atomic E-state index is 11.7. The summed E-state index contributed by atoms with van der Waals surface area (Å²) in [6.07, 6.45) is -0.179. The lowest BCUT2D eigenvalue weighted by molar-refractivity contribution is -0.130. The van der Waals surface area contributed by atoms with E-state index in [9.17, 15) is 9.59 Å². The fourth-order valence-electron chi connectivity index (χ4n) is 1.92. The van der Waals surface area contributed by atoms with Crippen LogP contribution in [0.5, 0.6) is 11.5 Å². The van der Waals surface area contributed by atoms with Crippen LogP contribution in [0.3, 0.4) is 0 Å². The Morgan fingerprint density at radius 3 is 2.57 bits per heavy atom. The SMILES string of the molecule is CC(C)(C)NC(=O)CC(=O)NCc1ccc2c(c1)OCO2. The van der Waals surface area contributed by atoms with Crippen molar-refractivity contribution in [3.8, 4) is 11.5 Å². The van der Waals surface area contributed by atoms with Gasteiger partial charge in [0.15, 0.2) is 11.5 Å². The fourth-order valence-corrected chi connectivity index (χ4v) is 1.92. The number of ether oxygens (including phenoxy) is 2. The van der Waals surface area contributed by atoms with Crippen LogP contribution >= 0.6 is 0 Å². The molecule has 0 saturated carbocycles. The summed E-state index contributed by atoms with van der Waals surface area (Å²) in [5.74, 6) is 0.780. The van der Waals surface area contributed by atoms with E-state index in [1.54, 1.807) is 6.07 Å². The molecule has 6 nitrogen and oxygen atoms in total. The number of rotatable bonds is 4. The van der Waals surface area contributed by atoms with Crippen molar-refractivity contribution in [2.45, 2.75) is 39.3 Å². The van der Waals surface area contributed by atoms with E-state index < -0.39 is 0 Å². The third-order valence-corrected chi connectivity index (χ3v) is 2.76. The van der Waals surface area contributed by atoms with Gasteiger partial charge in [0.05, 0.1) is 0 Å². The first-order chi connectivity index (χ1) is 9.83. The Hall–Kier alpha value is -2.24. The molecule has 0 saturated heterocycles. The van der Waals surface area contributed by atoms with Gasteiger partial charge in [0.2, 0.25) is 18.6 Å². The lowest BCUT2D eigenvalue weighted by Gasteiger charge is -2.20. The van der Waals surface area contributed by atoms with Gasteiger partial charge in [0.25, 0.3) is 0 Å². The highest BCUT2D eigenvalue weighted by molar-refractivity contribution is 5.97. The number of hydrogen-bond acceptors (Lipinski definition) is 4. The summed E-state index contributed by atoms with van der Waals surface area (Å²) >= 11 is 0. The van der Waals surface area contributed by atoms with Gasteiger partial charge in [-0.15, -0.1) is 0 Å². The van der Waals surface area contributed by atoms with Crippen molar-refractivity contribution in [1.82, 2.24) is 10.6 Å². The van der Waals surface area contributed by atoms with Crippen molar-refractivity contribution in [2.24, 2.45) is 0 Å². The molecule has 6 heteroatoms. The minimum absolute atomic E-state index is 0.179. The molecule has 1 aliphatic heterocycles. The number of nitrogens with one attached hydrogen (secondary N) is 2. The number of benzene rings is 1. The van der Waals surface area contributed by atoms with Gasteiger partial charge >= 0.3 is 0 Å². The monoisotopic (exact) mass is 292 g/mol. The van der Waals surface area contributed by atoms with Gasteiger partial charge in [-0.1, -0.05) is 6.07 Å². The standard InChI is InChI=1S/C15H20N2O4/c1-15(2,3)17-14(19)7-13(18)16-8-10-4-5-11-12(6-10)21-9-20-11/h4-6H,7-9H2,1-3H3,(H,16,18)(H,17,19). The van der Waals surface area contributed by atoms with Crippen LogP contribution in [0.2, 0.25) is 0 Å². The molecule has 0 bridgehead atoms. The molecule has 114 valence electrons. The quantitative estimate of drug-likeness (QED) is 0.821. The summed E-state index contributed by atoms with van der Waals surface area (Å²) in [6, 6.07) is 5.47. The lowest BCUT2D eigenvalue weighted by Crippen LogP contribution is -2.42. The van der Waals surface area contributed by atoms with Crippen molar-refractivity contribution >= 4 is 11.8 Å². The largest absolute Gasteiger partial charge is 0.454 e. The molecule has 1 heterocycles. The molecular formula is C15H20N2O4. The van der Waals surface area contributed by atoms with Crippen LogP contribution in [-0.4, -0.2) is 24.1 Å². The molecule has 0 spiro atoms. The molecule has 2 N–H and O–H groups in total. The van der Waals surface area contributed by atoms with Crippen molar-refractivity contribution in [3.63, 3.8) is 0 Å². The number of hydrogen-bond donors (Lipinski definition) is 2. The molecular weight excluding hydrogens is 272 g/mol. The Bertz CT molecular complexity index is 549. The average Bonchev–Trinajstić information content (AvgIpc) is 2.81. The van der Waals surface area contributed by atoms with Gasteiger partial charge in [0, 0.05) is 12.1 Å². The number of fused-ring (bicyclic) bond motifs is 1. The van der Waals surface area contributed by atoms with E-state index in [1.807, 2.05) is 32.9 Å². The van der Waals surface area contributed by atoms with E-state index >= 15 is 0 Å². The van der Waals surface area contributed by atoms with Gasteiger partial charge < -0.3 is 20.1 Å². The van der Waals surface area contributed by atoms with E-state index in [1.165, 1.54) is 0 Å². The van der Waals surface area contributed by atoms with Gasteiger partial charge in [-0.3, -0.25) is 9.59 Å². The van der Waals surface area contributed by atoms with Crippen LogP contribution in [0.25, 0.3) is 0 Å². The molecule has 0 atom stereocenters. The molecule has 1 aromatic carbocycles. The van der Waals surface area contributed by atoms with E-state index in [2.05, 4.69) is 10.6 Å². The molecule has 21 heavy (non-hydrogen) atoms. The van der Waals surface area contributed by atoms with Crippen LogP contribution in [-0.2, 0) is 16.1 Å². The number of amides is 2. The highest BCUT2D eigenvalue weighted by atomic mass is 16.7. The van der Waals surface area contributed by atoms with Crippen molar-refractivity contribution in [2.75, 3.05) is 6.79 Å². The minimum Gasteiger partial charge on any atom is -0.454 e. The van der Waals surface area contributed by atoms with Crippen LogP contribution in [0.4, 0.5) is 0 Å². The van der Waals surface area contributed by atoms with E-state index in [0.717, 1.165) is 5.56 Å². The zero-order valence-corrected chi connectivity index (χ0v) is 12.5. The summed E-state index contributed by atoms with van der Waals surface area (Å²) in [4.78, 5) is 23.3. The van der Waals surface area contributed by atoms with Gasteiger partial charge in [-0.2, -0.15) is 0 Å². The predicted molar refractivity (Wildman–Crippen MR) is 76.9 cm³/mol. The molecule has 0 radical (unpaired) electrons. The second-order valence-corrected chi connectivity index (χ2v) is 5.94. The highest BCUT2D eigenvalue weighted by Crippen LogP contribution is 2.32. The Balaban J connectivity index is 1.80. The van der Waals surface area contributed by atoms with Crippen LogP contribution in [0.15, 0.2) is 18.2 Å². The third-order valence-electron chi connectivity index (χ3n) is 2.76. The molecule has 1 aliphatic rings. The third kappa shape index (κ3) is 4.66. The van der Waals surface area contributed by atoms with Crippen molar-refractivity contribution < 1.29 is 19.1 Å². The first-order valence-corrected chi connectivity index (χ1v) is 6.80. The first kappa shape index (κ1) is 15.2. The summed E-state index contributed by atoms with van der Waals surface area (Å²) in [5, 5.41) is 5.46. The van der Waals surface area contributed by atoms with Gasteiger partial charge in [-0.05, 0) is 38.5 Å². The van der Waals surface area contributed by atoms with Crippen LogP contribution < -0.4 is 20.1 Å². The Morgan fingerprint density at radius 1 is 1.14 bits per heavy atom. The zero-order chi connectivity index (χ0) is 15.5. The van der Waals surface area contributed by atoms with E-state index in [-0.39, 0.29) is 30.6 Å². The highest BCUT2D eigenvalue weighted by Gasteiger charge is 2.17. The molecule has 0 unspecified atom stereocenters. The smallest absolute Gasteiger partial charge is 0.231 e. The van der Waals surface area contributed by atoms with Crippen LogP contribution in [0.1, 0.15) is 32.8 Å². The molecule has 0 fully saturated rings. The molecule has 2 rings (SSSR count). The topological polar surface area (TPSA) is 76.7 Å². The van der Waals surface area contributed by atoms with E-state index in [0.29, 0.717) is 18.0 Å². The maximum Gasteiger partial charge on any atom is 0.231 e. The second kappa shape index (κ2) is 6.03. The summed E-state index contributed by atoms with van der Waals surface area (Å²) in [7, 11) is 0. The first-order valence-electron chi connectivity index (χ1n) is 6.80. The summed E-state index contributed by atoms with van der Waals surface area (Å²) in [5.41, 5.74) is 0.554. The number of carbonyl (C=O) groups is 2. The minimum atomic E-state index is -0.339. The summed E-state index contributed by atoms with van der Waals surface area (Å²) < 4.78 is 10.5. The van der Waals surface area contributed by atoms with Gasteiger partial charge in [-0.25, -0.2) is 0 Å². The fraction of sp³-hybridized carbons (Fsp3) is 0.467. The second-order valence-electron chi connectivity index (χ2n) is 5.94. The zero-order valence-electron chi connectivity index (χ0n) is 12.5. The molecule has 1 aromatic rings. The Morgan fingerprint density at radius 2 is 1.86 bits per heavy atom. The van der Waals surface area contributed by atoms with Gasteiger partial charge in [0.1, 0.15) is 6.42 Å². The maximum absolute atomic E-state index is 11.7. The Labute approximate surface area is 123 Å². The Kier molecular flexibility index (Phi) is 4.35. The van der Waals surface area contributed by atoms with Crippen LogP contribution in [0, 0.1) is 0 Å². The normalized spacial score (nSPS) is 12.9. The van der Waals surface area contributed by atoms with Crippen molar-refractivity contribution in [1.29, 1.82) is 0 Å². The molecule has 0 aliphatic carbocycles. The lowest BCUT2D eigenvalue weighted by atomic mass is 10.1. The average molecular weight is 292 g/mol.